The molecule has 105 valence electrons. The summed E-state index contributed by atoms with van der Waals surface area (Å²) in [4.78, 5) is 5.40. The van der Waals surface area contributed by atoms with Gasteiger partial charge in [-0.25, -0.2) is 4.98 Å². The van der Waals surface area contributed by atoms with Gasteiger partial charge in [0.15, 0.2) is 5.51 Å². The summed E-state index contributed by atoms with van der Waals surface area (Å²) in [6.45, 7) is 0.536. The van der Waals surface area contributed by atoms with Gasteiger partial charge < -0.3 is 5.73 Å². The number of rotatable bonds is 3. The quantitative estimate of drug-likeness (QED) is 0.728. The van der Waals surface area contributed by atoms with Gasteiger partial charge in [0.2, 0.25) is 0 Å². The highest BCUT2D eigenvalue weighted by atomic mass is 35.5. The fourth-order valence-electron chi connectivity index (χ4n) is 2.04. The van der Waals surface area contributed by atoms with Gasteiger partial charge in [0.1, 0.15) is 0 Å². The van der Waals surface area contributed by atoms with Gasteiger partial charge in [-0.15, -0.1) is 11.3 Å². The lowest BCUT2D eigenvalue weighted by molar-refractivity contribution is 1.07. The minimum Gasteiger partial charge on any atom is -0.326 e. The van der Waals surface area contributed by atoms with Crippen molar-refractivity contribution in [1.82, 2.24) is 4.98 Å². The predicted octanol–water partition coefficient (Wildman–Crippen LogP) is 5.04. The predicted molar refractivity (Wildman–Crippen MR) is 89.7 cm³/mol. The monoisotopic (exact) mass is 333 g/mol. The largest absolute Gasteiger partial charge is 0.326 e. The van der Waals surface area contributed by atoms with Crippen LogP contribution in [0.15, 0.2) is 42.5 Å². The first-order valence-electron chi connectivity index (χ1n) is 6.30. The number of aromatic nitrogens is 1. The second-order valence-corrected chi connectivity index (χ2v) is 6.12. The Labute approximate surface area is 137 Å². The van der Waals surface area contributed by atoms with Crippen molar-refractivity contribution in [3.63, 3.8) is 0 Å². The van der Waals surface area contributed by atoms with Gasteiger partial charge in [-0.1, -0.05) is 53.5 Å². The number of benzene rings is 2. The Morgan fingerprint density at radius 3 is 2.38 bits per heavy atom. The highest BCUT2D eigenvalue weighted by molar-refractivity contribution is 7.13. The fourth-order valence-corrected chi connectivity index (χ4v) is 3.08. The maximum atomic E-state index is 6.09. The molecule has 0 atom stereocenters. The normalized spacial score (nSPS) is 10.8. The van der Waals surface area contributed by atoms with Crippen LogP contribution in [0.25, 0.3) is 21.7 Å². The van der Waals surface area contributed by atoms with E-state index in [-0.39, 0.29) is 0 Å². The van der Waals surface area contributed by atoms with Gasteiger partial charge in [-0.2, -0.15) is 0 Å². The van der Waals surface area contributed by atoms with E-state index in [2.05, 4.69) is 10.5 Å². The molecule has 2 nitrogen and oxygen atoms in total. The maximum absolute atomic E-state index is 6.09. The Kier molecular flexibility index (Phi) is 4.27. The van der Waals surface area contributed by atoms with E-state index in [0.717, 1.165) is 27.3 Å². The van der Waals surface area contributed by atoms with Crippen molar-refractivity contribution in [2.75, 3.05) is 0 Å². The number of nitrogens with two attached hydrogens (primary N) is 1. The zero-order valence-electron chi connectivity index (χ0n) is 10.9. The first-order chi connectivity index (χ1) is 10.2. The lowest BCUT2D eigenvalue weighted by Gasteiger charge is -2.05. The molecule has 0 fully saturated rings. The van der Waals surface area contributed by atoms with Gasteiger partial charge in [0, 0.05) is 12.1 Å². The van der Waals surface area contributed by atoms with E-state index in [1.807, 2.05) is 36.4 Å². The Hall–Kier alpha value is -1.39. The molecule has 5 heteroatoms. The van der Waals surface area contributed by atoms with E-state index in [1.165, 1.54) is 11.3 Å². The van der Waals surface area contributed by atoms with Gasteiger partial charge in [0.25, 0.3) is 0 Å². The number of halogens is 2. The first-order valence-corrected chi connectivity index (χ1v) is 7.88. The molecule has 3 rings (SSSR count). The second-order valence-electron chi connectivity index (χ2n) is 4.51. The Balaban J connectivity index is 2.05. The highest BCUT2D eigenvalue weighted by Crippen LogP contribution is 2.36. The van der Waals surface area contributed by atoms with Crippen LogP contribution in [0.1, 0.15) is 5.56 Å². The summed E-state index contributed by atoms with van der Waals surface area (Å²) in [5.41, 5.74) is 12.6. The van der Waals surface area contributed by atoms with E-state index >= 15 is 0 Å². The van der Waals surface area contributed by atoms with Gasteiger partial charge in [-0.05, 0) is 23.3 Å². The van der Waals surface area contributed by atoms with E-state index in [9.17, 15) is 0 Å². The van der Waals surface area contributed by atoms with Crippen molar-refractivity contribution in [2.24, 2.45) is 5.73 Å². The van der Waals surface area contributed by atoms with Crippen LogP contribution in [-0.2, 0) is 6.54 Å². The van der Waals surface area contributed by atoms with Gasteiger partial charge in [-0.3, -0.25) is 0 Å². The third-order valence-electron chi connectivity index (χ3n) is 3.17. The van der Waals surface area contributed by atoms with Crippen molar-refractivity contribution < 1.29 is 0 Å². The summed E-state index contributed by atoms with van der Waals surface area (Å²) >= 11 is 13.5. The highest BCUT2D eigenvalue weighted by Gasteiger charge is 2.12. The second kappa shape index (κ2) is 6.16. The standard InChI is InChI=1S/C16H11Cl2N2S/c17-13-6-5-12(7-14(13)18)15-16(21-9-20-15)11-3-1-10(8-19)2-4-11/h1-7H,8,19H2. The number of hydrogen-bond acceptors (Lipinski definition) is 3. The van der Waals surface area contributed by atoms with E-state index in [4.69, 9.17) is 28.9 Å². The molecule has 1 radical (unpaired) electrons. The van der Waals surface area contributed by atoms with E-state index in [0.29, 0.717) is 16.6 Å². The van der Waals surface area contributed by atoms with Crippen LogP contribution in [0.4, 0.5) is 0 Å². The molecule has 21 heavy (non-hydrogen) atoms. The third kappa shape index (κ3) is 2.97. The van der Waals surface area contributed by atoms with Crippen LogP contribution in [0.2, 0.25) is 10.0 Å². The molecule has 0 aliphatic rings. The molecule has 1 aromatic heterocycles. The minimum absolute atomic E-state index is 0.520. The minimum atomic E-state index is 0.520. The lowest BCUT2D eigenvalue weighted by Crippen LogP contribution is -1.95. The first kappa shape index (κ1) is 14.5. The molecule has 0 saturated heterocycles. The fraction of sp³-hybridized carbons (Fsp3) is 0.0625. The summed E-state index contributed by atoms with van der Waals surface area (Å²) < 4.78 is 0. The molecular formula is C16H11Cl2N2S. The number of nitrogens with zero attached hydrogens (tertiary/aromatic N) is 1. The molecule has 0 bridgehead atoms. The van der Waals surface area contributed by atoms with Gasteiger partial charge >= 0.3 is 0 Å². The number of thiazole rings is 1. The zero-order valence-corrected chi connectivity index (χ0v) is 13.3. The van der Waals surface area contributed by atoms with Crippen molar-refractivity contribution in [3.8, 4) is 21.7 Å². The Morgan fingerprint density at radius 1 is 1.00 bits per heavy atom. The van der Waals surface area contributed by atoms with Crippen molar-refractivity contribution in [2.45, 2.75) is 6.54 Å². The molecule has 0 saturated carbocycles. The number of hydrogen-bond donors (Lipinski definition) is 1. The van der Waals surface area contributed by atoms with Crippen LogP contribution >= 0.6 is 34.5 Å². The zero-order chi connectivity index (χ0) is 14.8. The SMILES string of the molecule is NCc1ccc(-c2s[c]nc2-c2ccc(Cl)c(Cl)c2)cc1. The van der Waals surface area contributed by atoms with Crippen LogP contribution in [0.3, 0.4) is 0 Å². The smallest absolute Gasteiger partial charge is 0.153 e. The molecule has 3 aromatic rings. The summed E-state index contributed by atoms with van der Waals surface area (Å²) in [7, 11) is 0. The van der Waals surface area contributed by atoms with Crippen molar-refractivity contribution >= 4 is 34.5 Å². The van der Waals surface area contributed by atoms with Crippen LogP contribution in [0, 0.1) is 5.51 Å². The summed E-state index contributed by atoms with van der Waals surface area (Å²) in [5.74, 6) is 0. The molecule has 0 spiro atoms. The van der Waals surface area contributed by atoms with Gasteiger partial charge in [0.05, 0.1) is 20.6 Å². The summed E-state index contributed by atoms with van der Waals surface area (Å²) in [6.07, 6.45) is 0. The molecule has 2 N–H and O–H groups in total. The Bertz CT molecular complexity index is 766. The average Bonchev–Trinajstić information content (AvgIpc) is 2.99. The maximum Gasteiger partial charge on any atom is 0.153 e. The van der Waals surface area contributed by atoms with E-state index < -0.39 is 0 Å². The molecule has 0 amide bonds. The van der Waals surface area contributed by atoms with Crippen LogP contribution in [0.5, 0.6) is 0 Å². The van der Waals surface area contributed by atoms with Crippen molar-refractivity contribution in [1.29, 1.82) is 0 Å². The summed E-state index contributed by atoms with van der Waals surface area (Å²) in [6, 6.07) is 13.6. The molecule has 2 aromatic carbocycles. The molecule has 0 aliphatic carbocycles. The molecular weight excluding hydrogens is 323 g/mol. The molecule has 1 heterocycles. The summed E-state index contributed by atoms with van der Waals surface area (Å²) in [5, 5.41) is 1.06. The van der Waals surface area contributed by atoms with Crippen LogP contribution in [-0.4, -0.2) is 4.98 Å². The topological polar surface area (TPSA) is 38.9 Å². The third-order valence-corrected chi connectivity index (χ3v) is 4.72. The average molecular weight is 334 g/mol. The Morgan fingerprint density at radius 2 is 1.71 bits per heavy atom. The van der Waals surface area contributed by atoms with Crippen LogP contribution < -0.4 is 5.73 Å². The lowest BCUT2D eigenvalue weighted by atomic mass is 10.1. The van der Waals surface area contributed by atoms with E-state index in [1.54, 1.807) is 6.07 Å². The molecule has 0 aliphatic heterocycles. The van der Waals surface area contributed by atoms with Crippen molar-refractivity contribution in [3.05, 3.63) is 63.6 Å². The molecule has 0 unspecified atom stereocenters.